The quantitative estimate of drug-likeness (QED) is 0.559. The summed E-state index contributed by atoms with van der Waals surface area (Å²) >= 11 is 6.05. The molecule has 2 amide bonds. The van der Waals surface area contributed by atoms with Crippen molar-refractivity contribution in [3.8, 4) is 5.75 Å². The number of phenolic OH excluding ortho intramolecular Hbond substituents is 1. The van der Waals surface area contributed by atoms with Gasteiger partial charge in [0.1, 0.15) is 5.75 Å². The van der Waals surface area contributed by atoms with E-state index in [1.165, 1.54) is 24.3 Å². The molecule has 0 aliphatic carbocycles. The first-order chi connectivity index (χ1) is 16.3. The summed E-state index contributed by atoms with van der Waals surface area (Å²) < 4.78 is 28.1. The number of hydrogen-bond donors (Lipinski definition) is 2. The van der Waals surface area contributed by atoms with Crippen LogP contribution in [-0.2, 0) is 10.0 Å². The molecule has 0 radical (unpaired) electrons. The number of nitrogens with one attached hydrogen (secondary N) is 1. The van der Waals surface area contributed by atoms with Crippen LogP contribution >= 0.6 is 11.6 Å². The molecule has 0 saturated carbocycles. The minimum absolute atomic E-state index is 0.0633. The molecule has 34 heavy (non-hydrogen) atoms. The number of hydrogen-bond acceptors (Lipinski definition) is 5. The Labute approximate surface area is 202 Å². The molecule has 1 fully saturated rings. The molecule has 1 aliphatic rings. The van der Waals surface area contributed by atoms with Gasteiger partial charge in [-0.1, -0.05) is 41.9 Å². The van der Waals surface area contributed by atoms with Crippen LogP contribution in [-0.4, -0.2) is 61.3 Å². The zero-order valence-corrected chi connectivity index (χ0v) is 19.6. The van der Waals surface area contributed by atoms with Gasteiger partial charge in [-0.15, -0.1) is 0 Å². The van der Waals surface area contributed by atoms with Gasteiger partial charge in [0.25, 0.3) is 21.8 Å². The molecular formula is C24H22ClN3O5S. The Morgan fingerprint density at radius 1 is 0.824 bits per heavy atom. The number of piperazine rings is 1. The molecule has 1 saturated heterocycles. The maximum Gasteiger partial charge on any atom is 0.261 e. The van der Waals surface area contributed by atoms with Crippen LogP contribution in [0, 0.1) is 0 Å². The fourth-order valence-electron chi connectivity index (χ4n) is 3.66. The van der Waals surface area contributed by atoms with Gasteiger partial charge in [0.15, 0.2) is 0 Å². The lowest BCUT2D eigenvalue weighted by Gasteiger charge is -2.35. The average molecular weight is 500 g/mol. The number of anilines is 1. The number of carbonyl (C=O) groups is 2. The number of aromatic hydroxyl groups is 1. The zero-order chi connectivity index (χ0) is 24.3. The summed E-state index contributed by atoms with van der Waals surface area (Å²) in [6, 6.07) is 18.6. The SMILES string of the molecule is O=C(c1cccc(S(=O)(=O)Nc2ccccc2Cl)c1)N1CCN(C(=O)c2ccccc2O)CC1. The van der Waals surface area contributed by atoms with Gasteiger partial charge >= 0.3 is 0 Å². The monoisotopic (exact) mass is 499 g/mol. The molecule has 0 spiro atoms. The van der Waals surface area contributed by atoms with Crippen LogP contribution in [0.1, 0.15) is 20.7 Å². The number of nitrogens with zero attached hydrogens (tertiary/aromatic N) is 2. The van der Waals surface area contributed by atoms with Gasteiger partial charge in [0, 0.05) is 31.7 Å². The van der Waals surface area contributed by atoms with E-state index in [1.54, 1.807) is 58.3 Å². The lowest BCUT2D eigenvalue weighted by atomic mass is 10.1. The molecule has 8 nitrogen and oxygen atoms in total. The van der Waals surface area contributed by atoms with Crippen molar-refractivity contribution >= 4 is 39.1 Å². The minimum atomic E-state index is -3.96. The van der Waals surface area contributed by atoms with Crippen molar-refractivity contribution in [3.63, 3.8) is 0 Å². The van der Waals surface area contributed by atoms with E-state index in [0.717, 1.165) is 0 Å². The smallest absolute Gasteiger partial charge is 0.261 e. The Kier molecular flexibility index (Phi) is 6.76. The highest BCUT2D eigenvalue weighted by Gasteiger charge is 2.27. The van der Waals surface area contributed by atoms with E-state index >= 15 is 0 Å². The minimum Gasteiger partial charge on any atom is -0.507 e. The standard InChI is InChI=1S/C24H22ClN3O5S/c25-20-9-2-3-10-21(20)26-34(32,33)18-7-5-6-17(16-18)23(30)27-12-14-28(15-13-27)24(31)19-8-1-4-11-22(19)29/h1-11,16,26,29H,12-15H2. The van der Waals surface area contributed by atoms with Crippen molar-refractivity contribution in [1.82, 2.24) is 9.80 Å². The van der Waals surface area contributed by atoms with E-state index in [-0.39, 0.29) is 57.4 Å². The summed E-state index contributed by atoms with van der Waals surface area (Å²) in [4.78, 5) is 28.8. The Morgan fingerprint density at radius 2 is 1.44 bits per heavy atom. The topological polar surface area (TPSA) is 107 Å². The molecule has 0 atom stereocenters. The van der Waals surface area contributed by atoms with Crippen molar-refractivity contribution in [2.45, 2.75) is 4.90 Å². The van der Waals surface area contributed by atoms with Crippen LogP contribution in [0.5, 0.6) is 5.75 Å². The molecule has 3 aromatic rings. The molecule has 0 unspecified atom stereocenters. The van der Waals surface area contributed by atoms with Gasteiger partial charge < -0.3 is 14.9 Å². The number of sulfonamides is 1. The summed E-state index contributed by atoms with van der Waals surface area (Å²) in [7, 11) is -3.96. The number of benzene rings is 3. The van der Waals surface area contributed by atoms with Crippen LogP contribution in [0.25, 0.3) is 0 Å². The van der Waals surface area contributed by atoms with E-state index in [4.69, 9.17) is 11.6 Å². The summed E-state index contributed by atoms with van der Waals surface area (Å²) in [6.45, 7) is 1.16. The average Bonchev–Trinajstić information content (AvgIpc) is 2.85. The fraction of sp³-hybridized carbons (Fsp3) is 0.167. The van der Waals surface area contributed by atoms with Crippen molar-refractivity contribution in [1.29, 1.82) is 0 Å². The van der Waals surface area contributed by atoms with Crippen molar-refractivity contribution in [2.24, 2.45) is 0 Å². The van der Waals surface area contributed by atoms with Crippen LogP contribution in [0.3, 0.4) is 0 Å². The fourth-order valence-corrected chi connectivity index (χ4v) is 5.03. The summed E-state index contributed by atoms with van der Waals surface area (Å²) in [6.07, 6.45) is 0. The van der Waals surface area contributed by atoms with E-state index in [2.05, 4.69) is 4.72 Å². The second-order valence-electron chi connectivity index (χ2n) is 7.71. The predicted octanol–water partition coefficient (Wildman–Crippen LogP) is 3.44. The Morgan fingerprint density at radius 3 is 2.12 bits per heavy atom. The number of carbonyl (C=O) groups excluding carboxylic acids is 2. The number of rotatable bonds is 5. The van der Waals surface area contributed by atoms with Gasteiger partial charge in [-0.2, -0.15) is 0 Å². The van der Waals surface area contributed by atoms with Crippen molar-refractivity contribution < 1.29 is 23.1 Å². The van der Waals surface area contributed by atoms with Crippen LogP contribution in [0.2, 0.25) is 5.02 Å². The summed E-state index contributed by atoms with van der Waals surface area (Å²) in [5.41, 5.74) is 0.680. The van der Waals surface area contributed by atoms with Crippen molar-refractivity contribution in [2.75, 3.05) is 30.9 Å². The highest BCUT2D eigenvalue weighted by Crippen LogP contribution is 2.25. The highest BCUT2D eigenvalue weighted by atomic mass is 35.5. The van der Waals surface area contributed by atoms with E-state index in [9.17, 15) is 23.1 Å². The third kappa shape index (κ3) is 5.00. The third-order valence-electron chi connectivity index (χ3n) is 5.50. The van der Waals surface area contributed by atoms with Gasteiger partial charge in [0.2, 0.25) is 0 Å². The molecule has 0 aromatic heterocycles. The van der Waals surface area contributed by atoms with Gasteiger partial charge in [-0.05, 0) is 42.5 Å². The lowest BCUT2D eigenvalue weighted by Crippen LogP contribution is -2.50. The van der Waals surface area contributed by atoms with E-state index < -0.39 is 10.0 Å². The first-order valence-corrected chi connectivity index (χ1v) is 12.4. The maximum absolute atomic E-state index is 13.0. The Hall–Kier alpha value is -3.56. The highest BCUT2D eigenvalue weighted by molar-refractivity contribution is 7.92. The van der Waals surface area contributed by atoms with E-state index in [1.807, 2.05) is 0 Å². The molecule has 3 aromatic carbocycles. The molecule has 10 heteroatoms. The first kappa shape index (κ1) is 23.6. The molecule has 176 valence electrons. The number of phenols is 1. The summed E-state index contributed by atoms with van der Waals surface area (Å²) in [5, 5.41) is 10.2. The molecule has 0 bridgehead atoms. The van der Waals surface area contributed by atoms with Crippen LogP contribution in [0.15, 0.2) is 77.7 Å². The molecule has 2 N–H and O–H groups in total. The van der Waals surface area contributed by atoms with Gasteiger partial charge in [0.05, 0.1) is 21.2 Å². The second kappa shape index (κ2) is 9.74. The molecular weight excluding hydrogens is 478 g/mol. The lowest BCUT2D eigenvalue weighted by molar-refractivity contribution is 0.0533. The summed E-state index contributed by atoms with van der Waals surface area (Å²) in [5.74, 6) is -0.720. The molecule has 4 rings (SSSR count). The largest absolute Gasteiger partial charge is 0.507 e. The Balaban J connectivity index is 1.44. The van der Waals surface area contributed by atoms with E-state index in [0.29, 0.717) is 13.1 Å². The molecule has 1 heterocycles. The van der Waals surface area contributed by atoms with Gasteiger partial charge in [-0.3, -0.25) is 14.3 Å². The number of para-hydroxylation sites is 2. The third-order valence-corrected chi connectivity index (χ3v) is 7.19. The number of amides is 2. The van der Waals surface area contributed by atoms with Gasteiger partial charge in [-0.25, -0.2) is 8.42 Å². The Bertz CT molecular complexity index is 1340. The number of halogens is 1. The molecule has 1 aliphatic heterocycles. The van der Waals surface area contributed by atoms with Crippen molar-refractivity contribution in [3.05, 3.63) is 88.9 Å². The predicted molar refractivity (Wildman–Crippen MR) is 129 cm³/mol. The van der Waals surface area contributed by atoms with Crippen LogP contribution < -0.4 is 4.72 Å². The zero-order valence-electron chi connectivity index (χ0n) is 18.0. The van der Waals surface area contributed by atoms with Crippen LogP contribution in [0.4, 0.5) is 5.69 Å². The second-order valence-corrected chi connectivity index (χ2v) is 9.80. The normalized spacial score (nSPS) is 14.0. The maximum atomic E-state index is 13.0. The first-order valence-electron chi connectivity index (χ1n) is 10.5.